The minimum atomic E-state index is 0.889. The normalized spacial score (nSPS) is 11.2. The molecule has 2 heterocycles. The van der Waals surface area contributed by atoms with Crippen LogP contribution in [0.2, 0.25) is 0 Å². The maximum absolute atomic E-state index is 5.15. The third-order valence-corrected chi connectivity index (χ3v) is 6.95. The number of nitrogens with zero attached hydrogens (tertiary/aromatic N) is 3. The SMILES string of the molecule is c1ccc(-c2nc3ccccc3nc2-c2ccc(-c3ccc(-c4ccccn4)cc3)c3ccccc23)cc1. The van der Waals surface area contributed by atoms with Gasteiger partial charge < -0.3 is 0 Å². The number of para-hydroxylation sites is 2. The van der Waals surface area contributed by atoms with Crippen LogP contribution in [0.1, 0.15) is 0 Å². The number of fused-ring (bicyclic) bond motifs is 2. The lowest BCUT2D eigenvalue weighted by molar-refractivity contribution is 1.30. The minimum absolute atomic E-state index is 0.889. The van der Waals surface area contributed by atoms with Crippen LogP contribution in [0.5, 0.6) is 0 Å². The molecule has 0 saturated carbocycles. The molecular weight excluding hydrogens is 462 g/mol. The van der Waals surface area contributed by atoms with Crippen LogP contribution in [0, 0.1) is 0 Å². The zero-order valence-electron chi connectivity index (χ0n) is 20.6. The Kier molecular flexibility index (Phi) is 5.45. The molecule has 0 spiro atoms. The van der Waals surface area contributed by atoms with Crippen LogP contribution < -0.4 is 0 Å². The van der Waals surface area contributed by atoms with Crippen molar-refractivity contribution in [3.63, 3.8) is 0 Å². The van der Waals surface area contributed by atoms with Crippen molar-refractivity contribution in [3.05, 3.63) is 140 Å². The summed E-state index contributed by atoms with van der Waals surface area (Å²) >= 11 is 0. The molecule has 0 atom stereocenters. The molecule has 3 heteroatoms. The van der Waals surface area contributed by atoms with Gasteiger partial charge in [-0.15, -0.1) is 0 Å². The molecule has 0 aliphatic rings. The zero-order chi connectivity index (χ0) is 25.3. The van der Waals surface area contributed by atoms with Crippen LogP contribution >= 0.6 is 0 Å². The van der Waals surface area contributed by atoms with Gasteiger partial charge in [0, 0.05) is 22.9 Å². The average Bonchev–Trinajstić information content (AvgIpc) is 3.01. The fraction of sp³-hybridized carbons (Fsp3) is 0. The number of aromatic nitrogens is 3. The summed E-state index contributed by atoms with van der Waals surface area (Å²) in [7, 11) is 0. The zero-order valence-corrected chi connectivity index (χ0v) is 20.6. The molecule has 178 valence electrons. The fourth-order valence-corrected chi connectivity index (χ4v) is 5.10. The summed E-state index contributed by atoms with van der Waals surface area (Å²) in [5.41, 5.74) is 10.1. The van der Waals surface area contributed by atoms with E-state index in [2.05, 4.69) is 77.8 Å². The summed E-state index contributed by atoms with van der Waals surface area (Å²) in [6, 6.07) is 46.0. The van der Waals surface area contributed by atoms with Gasteiger partial charge in [-0.3, -0.25) is 4.98 Å². The lowest BCUT2D eigenvalue weighted by Gasteiger charge is -2.15. The van der Waals surface area contributed by atoms with Gasteiger partial charge in [0.25, 0.3) is 0 Å². The van der Waals surface area contributed by atoms with E-state index in [9.17, 15) is 0 Å². The average molecular weight is 486 g/mol. The van der Waals surface area contributed by atoms with E-state index in [1.54, 1.807) is 0 Å². The Morgan fingerprint density at radius 2 is 0.947 bits per heavy atom. The van der Waals surface area contributed by atoms with Crippen molar-refractivity contribution in [1.82, 2.24) is 15.0 Å². The summed E-state index contributed by atoms with van der Waals surface area (Å²) in [6.45, 7) is 0. The maximum Gasteiger partial charge on any atom is 0.0979 e. The van der Waals surface area contributed by atoms with E-state index in [4.69, 9.17) is 9.97 Å². The van der Waals surface area contributed by atoms with Gasteiger partial charge in [-0.25, -0.2) is 9.97 Å². The van der Waals surface area contributed by atoms with E-state index in [0.717, 1.165) is 50.2 Å². The summed E-state index contributed by atoms with van der Waals surface area (Å²) in [4.78, 5) is 14.7. The Bertz CT molecular complexity index is 1890. The number of pyridine rings is 1. The molecule has 2 aromatic heterocycles. The van der Waals surface area contributed by atoms with Gasteiger partial charge in [0.15, 0.2) is 0 Å². The molecule has 7 aromatic rings. The van der Waals surface area contributed by atoms with Crippen molar-refractivity contribution >= 4 is 21.8 Å². The second kappa shape index (κ2) is 9.38. The molecule has 38 heavy (non-hydrogen) atoms. The van der Waals surface area contributed by atoms with Crippen molar-refractivity contribution < 1.29 is 0 Å². The second-order valence-electron chi connectivity index (χ2n) is 9.27. The third kappa shape index (κ3) is 3.91. The maximum atomic E-state index is 5.15. The first-order valence-corrected chi connectivity index (χ1v) is 12.7. The van der Waals surface area contributed by atoms with Gasteiger partial charge >= 0.3 is 0 Å². The van der Waals surface area contributed by atoms with Crippen molar-refractivity contribution in [2.24, 2.45) is 0 Å². The second-order valence-corrected chi connectivity index (χ2v) is 9.27. The lowest BCUT2D eigenvalue weighted by Crippen LogP contribution is -1.96. The molecule has 3 nitrogen and oxygen atoms in total. The molecule has 0 bridgehead atoms. The predicted octanol–water partition coefficient (Wildman–Crippen LogP) is 8.85. The van der Waals surface area contributed by atoms with Crippen molar-refractivity contribution in [2.75, 3.05) is 0 Å². The van der Waals surface area contributed by atoms with Gasteiger partial charge in [0.1, 0.15) is 0 Å². The van der Waals surface area contributed by atoms with Crippen LogP contribution in [0.25, 0.3) is 66.7 Å². The van der Waals surface area contributed by atoms with Crippen LogP contribution in [0.3, 0.4) is 0 Å². The highest BCUT2D eigenvalue weighted by atomic mass is 14.8. The summed E-state index contributed by atoms with van der Waals surface area (Å²) in [5, 5.41) is 2.34. The Morgan fingerprint density at radius 1 is 0.368 bits per heavy atom. The first kappa shape index (κ1) is 22.1. The molecule has 0 aliphatic heterocycles. The molecular formula is C35H23N3. The van der Waals surface area contributed by atoms with E-state index in [-0.39, 0.29) is 0 Å². The van der Waals surface area contributed by atoms with Gasteiger partial charge in [0.05, 0.1) is 28.1 Å². The summed E-state index contributed by atoms with van der Waals surface area (Å²) in [5.74, 6) is 0. The van der Waals surface area contributed by atoms with Crippen molar-refractivity contribution in [3.8, 4) is 44.9 Å². The Labute approximate surface area is 221 Å². The highest BCUT2D eigenvalue weighted by Crippen LogP contribution is 2.39. The predicted molar refractivity (Wildman–Crippen MR) is 157 cm³/mol. The Balaban J connectivity index is 1.41. The summed E-state index contributed by atoms with van der Waals surface area (Å²) < 4.78 is 0. The lowest BCUT2D eigenvalue weighted by atomic mass is 9.92. The van der Waals surface area contributed by atoms with Crippen LogP contribution in [0.4, 0.5) is 0 Å². The molecule has 0 radical (unpaired) electrons. The number of hydrogen-bond acceptors (Lipinski definition) is 3. The molecule has 5 aromatic carbocycles. The highest BCUT2D eigenvalue weighted by Gasteiger charge is 2.17. The molecule has 0 unspecified atom stereocenters. The largest absolute Gasteiger partial charge is 0.256 e. The topological polar surface area (TPSA) is 38.7 Å². The molecule has 0 N–H and O–H groups in total. The quantitative estimate of drug-likeness (QED) is 0.250. The molecule has 0 aliphatic carbocycles. The first-order valence-electron chi connectivity index (χ1n) is 12.7. The van der Waals surface area contributed by atoms with Gasteiger partial charge in [0.2, 0.25) is 0 Å². The number of rotatable bonds is 4. The van der Waals surface area contributed by atoms with Gasteiger partial charge in [-0.05, 0) is 46.2 Å². The van der Waals surface area contributed by atoms with Crippen LogP contribution in [-0.4, -0.2) is 15.0 Å². The molecule has 0 amide bonds. The summed E-state index contributed by atoms with van der Waals surface area (Å²) in [6.07, 6.45) is 1.83. The minimum Gasteiger partial charge on any atom is -0.256 e. The van der Waals surface area contributed by atoms with E-state index in [1.165, 1.54) is 16.5 Å². The smallest absolute Gasteiger partial charge is 0.0979 e. The van der Waals surface area contributed by atoms with Gasteiger partial charge in [-0.1, -0.05) is 109 Å². The Morgan fingerprint density at radius 3 is 1.66 bits per heavy atom. The third-order valence-electron chi connectivity index (χ3n) is 6.95. The van der Waals surface area contributed by atoms with E-state index in [0.29, 0.717) is 0 Å². The standard InChI is InChI=1S/C35H23N3/c1-2-10-26(11-3-1)34-35(38-33-16-7-6-15-32(33)37-34)30-22-21-27(28-12-4-5-13-29(28)30)24-17-19-25(20-18-24)31-14-8-9-23-36-31/h1-23H. The van der Waals surface area contributed by atoms with E-state index >= 15 is 0 Å². The number of benzene rings is 5. The Hall–Kier alpha value is -5.15. The first-order chi connectivity index (χ1) is 18.8. The monoisotopic (exact) mass is 485 g/mol. The molecule has 0 saturated heterocycles. The van der Waals surface area contributed by atoms with Crippen LogP contribution in [-0.2, 0) is 0 Å². The number of hydrogen-bond donors (Lipinski definition) is 0. The van der Waals surface area contributed by atoms with Crippen LogP contribution in [0.15, 0.2) is 140 Å². The van der Waals surface area contributed by atoms with Crippen molar-refractivity contribution in [1.29, 1.82) is 0 Å². The fourth-order valence-electron chi connectivity index (χ4n) is 5.10. The van der Waals surface area contributed by atoms with E-state index < -0.39 is 0 Å². The molecule has 7 rings (SSSR count). The van der Waals surface area contributed by atoms with E-state index in [1.807, 2.05) is 66.9 Å². The highest BCUT2D eigenvalue weighted by molar-refractivity contribution is 6.06. The van der Waals surface area contributed by atoms with Gasteiger partial charge in [-0.2, -0.15) is 0 Å². The molecule has 0 fully saturated rings. The van der Waals surface area contributed by atoms with Crippen molar-refractivity contribution in [2.45, 2.75) is 0 Å².